The zero-order valence-electron chi connectivity index (χ0n) is 39.1. The van der Waals surface area contributed by atoms with Gasteiger partial charge in [-0.05, 0) is 64.2 Å². The van der Waals surface area contributed by atoms with Gasteiger partial charge in [-0.2, -0.15) is 0 Å². The van der Waals surface area contributed by atoms with Crippen LogP contribution < -0.4 is 0 Å². The number of carbonyl (C=O) groups excluding carboxylic acids is 2. The monoisotopic (exact) mass is 841 g/mol. The Labute approximate surface area is 368 Å². The van der Waals surface area contributed by atoms with Crippen LogP contribution in [0.15, 0.2) is 72.9 Å². The number of carboxylic acid groups (broad SMARTS) is 1. The summed E-state index contributed by atoms with van der Waals surface area (Å²) < 4.78 is 17.3. The largest absolute Gasteiger partial charge is 0.477 e. The third-order valence-electron chi connectivity index (χ3n) is 10.4. The molecule has 0 aromatic heterocycles. The highest BCUT2D eigenvalue weighted by atomic mass is 16.6. The molecule has 60 heavy (non-hydrogen) atoms. The molecule has 0 bridgehead atoms. The van der Waals surface area contributed by atoms with Crippen molar-refractivity contribution in [1.82, 2.24) is 0 Å². The first-order valence-electron chi connectivity index (χ1n) is 24.0. The summed E-state index contributed by atoms with van der Waals surface area (Å²) in [7, 11) is 5.51. The topological polar surface area (TPSA) is 99.1 Å². The highest BCUT2D eigenvalue weighted by Gasteiger charge is 2.31. The van der Waals surface area contributed by atoms with Crippen LogP contribution in [-0.4, -0.2) is 80.6 Å². The van der Waals surface area contributed by atoms with Crippen molar-refractivity contribution in [3.63, 3.8) is 0 Å². The molecule has 0 aromatic rings. The number of allylic oxidation sites excluding steroid dienone is 12. The summed E-state index contributed by atoms with van der Waals surface area (Å²) in [4.78, 5) is 37.1. The van der Waals surface area contributed by atoms with Crippen LogP contribution in [0, 0.1) is 0 Å². The molecule has 0 heterocycles. The van der Waals surface area contributed by atoms with Crippen molar-refractivity contribution in [2.75, 3.05) is 41.0 Å². The number of quaternary nitrogens is 1. The minimum absolute atomic E-state index is 0.0457. The molecule has 0 radical (unpaired) electrons. The second-order valence-corrected chi connectivity index (χ2v) is 17.0. The number of carbonyl (C=O) groups is 3. The number of ether oxygens (including phenoxy) is 3. The molecule has 8 heteroatoms. The summed E-state index contributed by atoms with van der Waals surface area (Å²) in [5, 5.41) is 9.63. The second kappa shape index (κ2) is 42.5. The standard InChI is InChI=1S/C52H89NO7/c1-6-8-10-12-14-16-18-20-22-23-24-25-26-27-29-30-32-34-36-38-40-42-50(54)59-47-48(46-58-45-44-49(52(56)57)53(3,4)5)60-51(55)43-41-39-37-35-33-31-28-21-19-17-15-13-11-9-7-2/h8,10,14,16,20,22,24-25,27,29,32,34,48-49H,6-7,9,11-13,15,17-19,21,23,26,28,30-31,33,35-47H2,1-5H3/p+1/b10-8+,16-14+,22-20+,25-24+,29-27+,34-32+. The number of rotatable bonds is 42. The van der Waals surface area contributed by atoms with Gasteiger partial charge in [0.05, 0.1) is 34.4 Å². The Morgan fingerprint density at radius 1 is 0.517 bits per heavy atom. The summed E-state index contributed by atoms with van der Waals surface area (Å²) in [6, 6.07) is -0.623. The fraction of sp³-hybridized carbons (Fsp3) is 0.712. The molecule has 0 saturated heterocycles. The van der Waals surface area contributed by atoms with E-state index in [1.165, 1.54) is 77.0 Å². The normalized spacial score (nSPS) is 13.6. The molecule has 2 atom stereocenters. The van der Waals surface area contributed by atoms with E-state index in [-0.39, 0.29) is 36.2 Å². The van der Waals surface area contributed by atoms with E-state index < -0.39 is 18.1 Å². The molecular formula is C52H90NO7+. The predicted octanol–water partition coefficient (Wildman–Crippen LogP) is 13.5. The lowest BCUT2D eigenvalue weighted by Gasteiger charge is -2.31. The van der Waals surface area contributed by atoms with E-state index in [4.69, 9.17) is 14.2 Å². The maximum Gasteiger partial charge on any atom is 0.362 e. The lowest BCUT2D eigenvalue weighted by Crippen LogP contribution is -2.50. The van der Waals surface area contributed by atoms with Crippen molar-refractivity contribution < 1.29 is 38.2 Å². The van der Waals surface area contributed by atoms with Crippen LogP contribution in [-0.2, 0) is 28.6 Å². The highest BCUT2D eigenvalue weighted by molar-refractivity contribution is 5.72. The van der Waals surface area contributed by atoms with Gasteiger partial charge in [-0.25, -0.2) is 4.79 Å². The molecule has 0 aromatic carbocycles. The van der Waals surface area contributed by atoms with Gasteiger partial charge in [-0.15, -0.1) is 0 Å². The molecule has 0 aliphatic rings. The van der Waals surface area contributed by atoms with Crippen LogP contribution in [0.2, 0.25) is 0 Å². The SMILES string of the molecule is CC/C=C/C/C=C/C/C=C/C/C=C/C/C=C/C/C=C/CCCCC(=O)OCC(COCCC(C(=O)O)[N+](C)(C)C)OC(=O)CCCCCCCCCCCCCCCCC. The van der Waals surface area contributed by atoms with E-state index >= 15 is 0 Å². The summed E-state index contributed by atoms with van der Waals surface area (Å²) in [6.45, 7) is 4.58. The third kappa shape index (κ3) is 40.2. The van der Waals surface area contributed by atoms with Gasteiger partial charge in [-0.3, -0.25) is 9.59 Å². The first kappa shape index (κ1) is 56.8. The minimum Gasteiger partial charge on any atom is -0.477 e. The zero-order valence-corrected chi connectivity index (χ0v) is 39.1. The Kier molecular flexibility index (Phi) is 40.2. The number of unbranched alkanes of at least 4 members (excludes halogenated alkanes) is 16. The van der Waals surface area contributed by atoms with E-state index in [2.05, 4.69) is 86.8 Å². The molecule has 0 fully saturated rings. The maximum atomic E-state index is 12.7. The van der Waals surface area contributed by atoms with Crippen molar-refractivity contribution in [2.45, 2.75) is 199 Å². The van der Waals surface area contributed by atoms with E-state index in [9.17, 15) is 19.5 Å². The molecule has 0 rings (SSSR count). The van der Waals surface area contributed by atoms with E-state index in [1.54, 1.807) is 0 Å². The van der Waals surface area contributed by atoms with Crippen LogP contribution in [0.3, 0.4) is 0 Å². The number of nitrogens with zero attached hydrogens (tertiary/aromatic N) is 1. The average Bonchev–Trinajstić information content (AvgIpc) is 3.21. The molecule has 0 amide bonds. The Morgan fingerprint density at radius 2 is 0.933 bits per heavy atom. The number of hydrogen-bond acceptors (Lipinski definition) is 6. The minimum atomic E-state index is -0.882. The van der Waals surface area contributed by atoms with Crippen LogP contribution >= 0.6 is 0 Å². The maximum absolute atomic E-state index is 12.7. The summed E-state index contributed by atoms with van der Waals surface area (Å²) in [6.07, 6.45) is 53.8. The molecule has 1 N–H and O–H groups in total. The van der Waals surface area contributed by atoms with Gasteiger partial charge >= 0.3 is 17.9 Å². The van der Waals surface area contributed by atoms with Gasteiger partial charge in [-0.1, -0.05) is 177 Å². The van der Waals surface area contributed by atoms with Gasteiger partial charge in [0.1, 0.15) is 6.61 Å². The van der Waals surface area contributed by atoms with Crippen molar-refractivity contribution in [3.05, 3.63) is 72.9 Å². The molecule has 344 valence electrons. The van der Waals surface area contributed by atoms with Crippen molar-refractivity contribution in [1.29, 1.82) is 0 Å². The number of aliphatic carboxylic acids is 1. The second-order valence-electron chi connectivity index (χ2n) is 17.0. The average molecular weight is 841 g/mol. The quantitative estimate of drug-likeness (QED) is 0.0283. The van der Waals surface area contributed by atoms with Crippen LogP contribution in [0.1, 0.15) is 187 Å². The molecule has 8 nitrogen and oxygen atoms in total. The smallest absolute Gasteiger partial charge is 0.362 e. The first-order valence-corrected chi connectivity index (χ1v) is 24.0. The van der Waals surface area contributed by atoms with Crippen LogP contribution in [0.5, 0.6) is 0 Å². The van der Waals surface area contributed by atoms with Crippen molar-refractivity contribution >= 4 is 17.9 Å². The third-order valence-corrected chi connectivity index (χ3v) is 10.4. The van der Waals surface area contributed by atoms with E-state index in [0.29, 0.717) is 25.7 Å². The number of hydrogen-bond donors (Lipinski definition) is 1. The molecule has 0 spiro atoms. The Balaban J connectivity index is 4.38. The van der Waals surface area contributed by atoms with Gasteiger partial charge in [0, 0.05) is 19.3 Å². The lowest BCUT2D eigenvalue weighted by molar-refractivity contribution is -0.887. The van der Waals surface area contributed by atoms with Crippen molar-refractivity contribution in [2.24, 2.45) is 0 Å². The van der Waals surface area contributed by atoms with Gasteiger partial charge in [0.2, 0.25) is 0 Å². The van der Waals surface area contributed by atoms with Crippen LogP contribution in [0.4, 0.5) is 0 Å². The first-order chi connectivity index (χ1) is 29.1. The molecule has 0 aliphatic carbocycles. The van der Waals surface area contributed by atoms with Gasteiger partial charge in [0.25, 0.3) is 0 Å². The summed E-state index contributed by atoms with van der Waals surface area (Å²) in [5.74, 6) is -1.52. The molecule has 0 saturated carbocycles. The number of likely N-dealkylation sites (N-methyl/N-ethyl adjacent to an activating group) is 1. The fourth-order valence-corrected chi connectivity index (χ4v) is 6.68. The number of esters is 2. The number of carboxylic acids is 1. The Morgan fingerprint density at radius 3 is 1.38 bits per heavy atom. The van der Waals surface area contributed by atoms with Gasteiger partial charge < -0.3 is 23.8 Å². The molecule has 0 aliphatic heterocycles. The Bertz CT molecular complexity index is 1210. The van der Waals surface area contributed by atoms with E-state index in [0.717, 1.165) is 70.6 Å². The lowest BCUT2D eigenvalue weighted by atomic mass is 10.0. The Hall–Kier alpha value is -3.23. The van der Waals surface area contributed by atoms with Crippen LogP contribution in [0.25, 0.3) is 0 Å². The predicted molar refractivity (Wildman–Crippen MR) is 252 cm³/mol. The zero-order chi connectivity index (χ0) is 44.2. The highest BCUT2D eigenvalue weighted by Crippen LogP contribution is 2.15. The van der Waals surface area contributed by atoms with E-state index in [1.807, 2.05) is 21.1 Å². The van der Waals surface area contributed by atoms with Crippen molar-refractivity contribution in [3.8, 4) is 0 Å². The molecular weight excluding hydrogens is 751 g/mol. The summed E-state index contributed by atoms with van der Waals surface area (Å²) in [5.41, 5.74) is 0. The van der Waals surface area contributed by atoms with Gasteiger partial charge in [0.15, 0.2) is 12.1 Å². The fourth-order valence-electron chi connectivity index (χ4n) is 6.68. The summed E-state index contributed by atoms with van der Waals surface area (Å²) >= 11 is 0. The molecule has 2 unspecified atom stereocenters.